The van der Waals surface area contributed by atoms with Gasteiger partial charge in [0.15, 0.2) is 0 Å². The van der Waals surface area contributed by atoms with Gasteiger partial charge in [0.1, 0.15) is 28.7 Å². The Bertz CT molecular complexity index is 1900. The molecule has 49 heavy (non-hydrogen) atoms. The highest BCUT2D eigenvalue weighted by Crippen LogP contribution is 2.42. The maximum absolute atomic E-state index is 11.8. The van der Waals surface area contributed by atoms with Crippen LogP contribution in [-0.2, 0) is 38.5 Å². The summed E-state index contributed by atoms with van der Waals surface area (Å²) in [5.41, 5.74) is 10.4. The van der Waals surface area contributed by atoms with Crippen LogP contribution < -0.4 is 0 Å². The minimum Gasteiger partial charge on any atom is -0.508 e. The van der Waals surface area contributed by atoms with Crippen molar-refractivity contribution in [2.24, 2.45) is 0 Å². The van der Waals surface area contributed by atoms with Gasteiger partial charge >= 0.3 is 0 Å². The average Bonchev–Trinajstić information content (AvgIpc) is 3.11. The highest BCUT2D eigenvalue weighted by atomic mass is 16.3. The van der Waals surface area contributed by atoms with E-state index in [0.717, 1.165) is 99.7 Å². The number of rotatable bonds is 11. The number of hydrogen-bond donors (Lipinski definition) is 5. The number of phenolic OH excluding ortho intramolecular Hbond substituents is 5. The summed E-state index contributed by atoms with van der Waals surface area (Å²) >= 11 is 0. The number of phenols is 5. The molecule has 5 N–H and O–H groups in total. The van der Waals surface area contributed by atoms with Crippen LogP contribution in [0.3, 0.4) is 0 Å². The van der Waals surface area contributed by atoms with Crippen LogP contribution in [0, 0.1) is 0 Å². The fourth-order valence-electron chi connectivity index (χ4n) is 7.45. The summed E-state index contributed by atoms with van der Waals surface area (Å²) in [4.78, 5) is 0. The smallest absolute Gasteiger partial charge is 0.122 e. The Morgan fingerprint density at radius 3 is 1.27 bits per heavy atom. The van der Waals surface area contributed by atoms with Crippen LogP contribution in [0.25, 0.3) is 0 Å². The molecule has 5 heteroatoms. The van der Waals surface area contributed by atoms with Crippen LogP contribution in [0.4, 0.5) is 0 Å². The van der Waals surface area contributed by atoms with E-state index in [9.17, 15) is 25.5 Å². The highest BCUT2D eigenvalue weighted by Gasteiger charge is 2.23. The lowest BCUT2D eigenvalue weighted by Crippen LogP contribution is -2.08. The second-order valence-electron chi connectivity index (χ2n) is 13.8. The Hall–Kier alpha value is -4.90. The maximum atomic E-state index is 11.8. The summed E-state index contributed by atoms with van der Waals surface area (Å²) in [6.45, 7) is 4.22. The Morgan fingerprint density at radius 1 is 0.429 bits per heavy atom. The van der Waals surface area contributed by atoms with Crippen molar-refractivity contribution < 1.29 is 25.5 Å². The van der Waals surface area contributed by atoms with Crippen LogP contribution >= 0.6 is 0 Å². The van der Waals surface area contributed by atoms with E-state index in [1.165, 1.54) is 6.42 Å². The largest absolute Gasteiger partial charge is 0.508 e. The van der Waals surface area contributed by atoms with Gasteiger partial charge in [-0.2, -0.15) is 0 Å². The van der Waals surface area contributed by atoms with Crippen molar-refractivity contribution in [3.05, 3.63) is 146 Å². The Balaban J connectivity index is 1.38. The summed E-state index contributed by atoms with van der Waals surface area (Å²) < 4.78 is 0. The van der Waals surface area contributed by atoms with Crippen molar-refractivity contribution >= 4 is 0 Å². The quantitative estimate of drug-likeness (QED) is 0.0975. The van der Waals surface area contributed by atoms with Gasteiger partial charge in [0.05, 0.1) is 0 Å². The van der Waals surface area contributed by atoms with E-state index >= 15 is 0 Å². The van der Waals surface area contributed by atoms with Gasteiger partial charge < -0.3 is 25.5 Å². The third-order valence-corrected chi connectivity index (χ3v) is 10.2. The molecule has 0 atom stereocenters. The van der Waals surface area contributed by atoms with E-state index in [1.54, 1.807) is 24.3 Å². The fraction of sp³-hybridized carbons (Fsp3) is 0.318. The predicted molar refractivity (Wildman–Crippen MR) is 196 cm³/mol. The van der Waals surface area contributed by atoms with E-state index in [2.05, 4.69) is 44.2 Å². The van der Waals surface area contributed by atoms with E-state index in [0.29, 0.717) is 31.4 Å². The molecule has 254 valence electrons. The molecule has 5 aromatic rings. The van der Waals surface area contributed by atoms with Crippen LogP contribution in [0.1, 0.15) is 113 Å². The maximum Gasteiger partial charge on any atom is 0.122 e. The first-order valence-electron chi connectivity index (χ1n) is 17.8. The topological polar surface area (TPSA) is 101 Å². The first-order chi connectivity index (χ1) is 23.7. The standard InChI is InChI=1S/C44H48O5/c1-3-28-18-34(22-30-10-14-39(45)15-11-30)42(47)36(20-28)24-32-25-38(44(49)41(26-32)33-8-6-5-7-9-33)27-37-21-29(4-2)19-35(43(37)48)23-31-12-16-40(46)17-13-31/h10-21,25-26,33,45-49H,3-9,22-24,27H2,1-2H3. The van der Waals surface area contributed by atoms with E-state index in [1.807, 2.05) is 30.3 Å². The summed E-state index contributed by atoms with van der Waals surface area (Å²) in [6, 6.07) is 26.6. The van der Waals surface area contributed by atoms with E-state index in [4.69, 9.17) is 0 Å². The molecule has 1 saturated carbocycles. The van der Waals surface area contributed by atoms with Crippen molar-refractivity contribution in [2.75, 3.05) is 0 Å². The summed E-state index contributed by atoms with van der Waals surface area (Å²) in [5.74, 6) is 1.54. The molecule has 0 bridgehead atoms. The van der Waals surface area contributed by atoms with Crippen LogP contribution in [0.15, 0.2) is 84.9 Å². The van der Waals surface area contributed by atoms with Gasteiger partial charge in [-0.15, -0.1) is 0 Å². The molecule has 0 aliphatic heterocycles. The van der Waals surface area contributed by atoms with Crippen molar-refractivity contribution in [2.45, 2.75) is 90.4 Å². The molecule has 1 fully saturated rings. The van der Waals surface area contributed by atoms with Gasteiger partial charge in [-0.05, 0) is 117 Å². The third kappa shape index (κ3) is 8.05. The third-order valence-electron chi connectivity index (χ3n) is 10.2. The second-order valence-corrected chi connectivity index (χ2v) is 13.8. The molecular formula is C44H48O5. The molecule has 0 heterocycles. The minimum absolute atomic E-state index is 0.211. The van der Waals surface area contributed by atoms with E-state index < -0.39 is 0 Å². The van der Waals surface area contributed by atoms with Gasteiger partial charge in [0.25, 0.3) is 0 Å². The first-order valence-corrected chi connectivity index (χ1v) is 17.8. The van der Waals surface area contributed by atoms with Gasteiger partial charge in [0, 0.05) is 25.7 Å². The van der Waals surface area contributed by atoms with Crippen molar-refractivity contribution in [3.63, 3.8) is 0 Å². The first kappa shape index (κ1) is 34.0. The molecule has 0 saturated heterocycles. The summed E-state index contributed by atoms with van der Waals surface area (Å²) in [5, 5.41) is 54.5. The lowest BCUT2D eigenvalue weighted by Gasteiger charge is -2.25. The summed E-state index contributed by atoms with van der Waals surface area (Å²) in [7, 11) is 0. The number of hydrogen-bond acceptors (Lipinski definition) is 5. The van der Waals surface area contributed by atoms with Gasteiger partial charge in [-0.25, -0.2) is 0 Å². The second kappa shape index (κ2) is 15.1. The molecule has 0 unspecified atom stereocenters. The molecule has 1 aliphatic carbocycles. The lowest BCUT2D eigenvalue weighted by molar-refractivity contribution is 0.411. The molecule has 0 aromatic heterocycles. The Morgan fingerprint density at radius 2 is 0.816 bits per heavy atom. The van der Waals surface area contributed by atoms with Gasteiger partial charge in [0.2, 0.25) is 0 Å². The number of aryl methyl sites for hydroxylation is 2. The van der Waals surface area contributed by atoms with Crippen LogP contribution in [-0.4, -0.2) is 25.5 Å². The monoisotopic (exact) mass is 656 g/mol. The molecule has 1 aliphatic rings. The normalized spacial score (nSPS) is 13.5. The minimum atomic E-state index is 0.211. The summed E-state index contributed by atoms with van der Waals surface area (Å²) in [6.07, 6.45) is 9.22. The highest BCUT2D eigenvalue weighted by molar-refractivity contribution is 5.54. The molecule has 5 nitrogen and oxygen atoms in total. The number of benzene rings is 5. The van der Waals surface area contributed by atoms with Gasteiger partial charge in [-0.3, -0.25) is 0 Å². The van der Waals surface area contributed by atoms with Gasteiger partial charge in [-0.1, -0.05) is 93.8 Å². The molecule has 5 aromatic carbocycles. The zero-order valence-corrected chi connectivity index (χ0v) is 28.7. The fourth-order valence-corrected chi connectivity index (χ4v) is 7.45. The zero-order chi connectivity index (χ0) is 34.5. The Labute approximate surface area is 290 Å². The SMILES string of the molecule is CCc1cc(Cc2ccc(O)cc2)c(O)c(Cc2cc(Cc3cc(CC)cc(Cc4ccc(O)cc4)c3O)c(O)c(C3CCCCC3)c2)c1. The zero-order valence-electron chi connectivity index (χ0n) is 28.7. The van der Waals surface area contributed by atoms with Crippen LogP contribution in [0.2, 0.25) is 0 Å². The molecule has 6 rings (SSSR count). The molecule has 0 amide bonds. The van der Waals surface area contributed by atoms with Crippen molar-refractivity contribution in [1.82, 2.24) is 0 Å². The van der Waals surface area contributed by atoms with Crippen molar-refractivity contribution in [3.8, 4) is 28.7 Å². The van der Waals surface area contributed by atoms with E-state index in [-0.39, 0.29) is 28.9 Å². The van der Waals surface area contributed by atoms with Crippen molar-refractivity contribution in [1.29, 1.82) is 0 Å². The molecule has 0 spiro atoms. The number of aromatic hydroxyl groups is 5. The van der Waals surface area contributed by atoms with Crippen LogP contribution in [0.5, 0.6) is 28.7 Å². The predicted octanol–water partition coefficient (Wildman–Crippen LogP) is 9.75. The Kier molecular flexibility index (Phi) is 10.5. The average molecular weight is 657 g/mol. The molecular weight excluding hydrogens is 608 g/mol. The lowest BCUT2D eigenvalue weighted by atomic mass is 9.81. The molecule has 0 radical (unpaired) electrons.